The zero-order valence-electron chi connectivity index (χ0n) is 15.2. The molecule has 6 nitrogen and oxygen atoms in total. The summed E-state index contributed by atoms with van der Waals surface area (Å²) in [5.74, 6) is -0.0636. The Hall–Kier alpha value is -2.29. The van der Waals surface area contributed by atoms with E-state index in [0.717, 1.165) is 25.8 Å². The van der Waals surface area contributed by atoms with Gasteiger partial charge in [-0.05, 0) is 33.6 Å². The molecular formula is C18H27N3O3. The van der Waals surface area contributed by atoms with Gasteiger partial charge >= 0.3 is 5.97 Å². The highest BCUT2D eigenvalue weighted by Crippen LogP contribution is 2.34. The van der Waals surface area contributed by atoms with Gasteiger partial charge in [-0.2, -0.15) is 5.26 Å². The Labute approximate surface area is 144 Å². The van der Waals surface area contributed by atoms with Crippen molar-refractivity contribution in [2.24, 2.45) is 5.41 Å². The molecule has 0 aliphatic carbocycles. The average Bonchev–Trinajstić information content (AvgIpc) is 2.53. The van der Waals surface area contributed by atoms with Crippen molar-refractivity contribution in [3.8, 4) is 17.7 Å². The molecule has 0 amide bonds. The topological polar surface area (TPSA) is 84.2 Å². The molecule has 0 aliphatic rings. The Bertz CT molecular complexity index is 601. The third-order valence-electron chi connectivity index (χ3n) is 3.21. The average molecular weight is 333 g/mol. The SMILES string of the molecule is CCCCNc1cnc(OC(=O)C(C)(C)C)c(C#N)c1OCCC. The molecule has 0 fully saturated rings. The van der Waals surface area contributed by atoms with Crippen LogP contribution >= 0.6 is 0 Å². The molecule has 24 heavy (non-hydrogen) atoms. The maximum Gasteiger partial charge on any atom is 0.317 e. The molecule has 0 saturated carbocycles. The van der Waals surface area contributed by atoms with Crippen LogP contribution in [0.4, 0.5) is 5.69 Å². The minimum atomic E-state index is -0.684. The van der Waals surface area contributed by atoms with E-state index in [1.54, 1.807) is 27.0 Å². The van der Waals surface area contributed by atoms with Crippen LogP contribution in [0.15, 0.2) is 6.20 Å². The van der Waals surface area contributed by atoms with E-state index in [9.17, 15) is 10.1 Å². The second-order valence-corrected chi connectivity index (χ2v) is 6.56. The van der Waals surface area contributed by atoms with Crippen molar-refractivity contribution in [1.82, 2.24) is 4.98 Å². The predicted octanol–water partition coefficient (Wildman–Crippen LogP) is 3.91. The first-order valence-corrected chi connectivity index (χ1v) is 8.37. The van der Waals surface area contributed by atoms with Crippen LogP contribution in [-0.2, 0) is 4.79 Å². The number of nitrogens with zero attached hydrogens (tertiary/aromatic N) is 2. The van der Waals surface area contributed by atoms with Crippen molar-refractivity contribution in [2.75, 3.05) is 18.5 Å². The van der Waals surface area contributed by atoms with Crippen molar-refractivity contribution in [3.63, 3.8) is 0 Å². The van der Waals surface area contributed by atoms with Crippen molar-refractivity contribution < 1.29 is 14.3 Å². The minimum Gasteiger partial charge on any atom is -0.490 e. The van der Waals surface area contributed by atoms with Crippen LogP contribution in [0.1, 0.15) is 59.4 Å². The van der Waals surface area contributed by atoms with E-state index in [0.29, 0.717) is 18.0 Å². The molecule has 0 aromatic carbocycles. The Morgan fingerprint density at radius 2 is 2.04 bits per heavy atom. The molecule has 1 heterocycles. The van der Waals surface area contributed by atoms with Gasteiger partial charge in [0.15, 0.2) is 11.3 Å². The summed E-state index contributed by atoms with van der Waals surface area (Å²) in [4.78, 5) is 16.2. The predicted molar refractivity (Wildman–Crippen MR) is 93.2 cm³/mol. The fourth-order valence-electron chi connectivity index (χ4n) is 1.77. The number of anilines is 1. The van der Waals surface area contributed by atoms with Gasteiger partial charge in [0.05, 0.1) is 23.9 Å². The lowest BCUT2D eigenvalue weighted by Gasteiger charge is -2.19. The second-order valence-electron chi connectivity index (χ2n) is 6.56. The maximum absolute atomic E-state index is 12.1. The normalized spacial score (nSPS) is 10.8. The van der Waals surface area contributed by atoms with Crippen molar-refractivity contribution in [3.05, 3.63) is 11.8 Å². The quantitative estimate of drug-likeness (QED) is 0.573. The number of nitriles is 1. The van der Waals surface area contributed by atoms with E-state index in [1.807, 2.05) is 6.92 Å². The number of carbonyl (C=O) groups excluding carboxylic acids is 1. The first-order valence-electron chi connectivity index (χ1n) is 8.37. The number of unbranched alkanes of at least 4 members (excludes halogenated alkanes) is 1. The molecule has 6 heteroatoms. The number of ether oxygens (including phenoxy) is 2. The first-order chi connectivity index (χ1) is 11.3. The van der Waals surface area contributed by atoms with E-state index in [-0.39, 0.29) is 11.4 Å². The van der Waals surface area contributed by atoms with Crippen LogP contribution in [0.5, 0.6) is 11.6 Å². The highest BCUT2D eigenvalue weighted by atomic mass is 16.5. The number of esters is 1. The molecule has 0 spiro atoms. The van der Waals surface area contributed by atoms with E-state index >= 15 is 0 Å². The molecule has 1 N–H and O–H groups in total. The van der Waals surface area contributed by atoms with Gasteiger partial charge in [0.2, 0.25) is 5.88 Å². The number of aromatic nitrogens is 1. The second kappa shape index (κ2) is 9.11. The van der Waals surface area contributed by atoms with Crippen LogP contribution in [-0.4, -0.2) is 24.1 Å². The lowest BCUT2D eigenvalue weighted by molar-refractivity contribution is -0.143. The monoisotopic (exact) mass is 333 g/mol. The summed E-state index contributed by atoms with van der Waals surface area (Å²) >= 11 is 0. The minimum absolute atomic E-state index is 0.00966. The number of pyridine rings is 1. The summed E-state index contributed by atoms with van der Waals surface area (Å²) < 4.78 is 11.1. The summed E-state index contributed by atoms with van der Waals surface area (Å²) in [6, 6.07) is 2.06. The maximum atomic E-state index is 12.1. The zero-order valence-corrected chi connectivity index (χ0v) is 15.2. The van der Waals surface area contributed by atoms with Crippen LogP contribution in [0, 0.1) is 16.7 Å². The molecular weight excluding hydrogens is 306 g/mol. The van der Waals surface area contributed by atoms with Crippen LogP contribution in [0.3, 0.4) is 0 Å². The van der Waals surface area contributed by atoms with Gasteiger partial charge in [-0.1, -0.05) is 20.3 Å². The van der Waals surface area contributed by atoms with Gasteiger partial charge in [-0.3, -0.25) is 4.79 Å². The molecule has 1 aromatic heterocycles. The van der Waals surface area contributed by atoms with E-state index < -0.39 is 11.4 Å². The van der Waals surface area contributed by atoms with Crippen LogP contribution in [0.2, 0.25) is 0 Å². The largest absolute Gasteiger partial charge is 0.490 e. The summed E-state index contributed by atoms with van der Waals surface area (Å²) in [5.41, 5.74) is 0.100. The Balaban J connectivity index is 3.18. The summed E-state index contributed by atoms with van der Waals surface area (Å²) in [5, 5.41) is 12.8. The van der Waals surface area contributed by atoms with Gasteiger partial charge in [0.1, 0.15) is 6.07 Å². The first kappa shape index (κ1) is 19.8. The fraction of sp³-hybridized carbons (Fsp3) is 0.611. The molecule has 132 valence electrons. The van der Waals surface area contributed by atoms with Gasteiger partial charge in [-0.15, -0.1) is 0 Å². The molecule has 1 aromatic rings. The lowest BCUT2D eigenvalue weighted by atomic mass is 9.97. The lowest BCUT2D eigenvalue weighted by Crippen LogP contribution is -2.26. The van der Waals surface area contributed by atoms with Gasteiger partial charge in [-0.25, -0.2) is 4.98 Å². The number of hydrogen-bond donors (Lipinski definition) is 1. The third kappa shape index (κ3) is 5.41. The van der Waals surface area contributed by atoms with Gasteiger partial charge < -0.3 is 14.8 Å². The Morgan fingerprint density at radius 3 is 2.58 bits per heavy atom. The van der Waals surface area contributed by atoms with Crippen LogP contribution in [0.25, 0.3) is 0 Å². The van der Waals surface area contributed by atoms with Gasteiger partial charge in [0.25, 0.3) is 0 Å². The number of rotatable bonds is 8. The molecule has 0 unspecified atom stereocenters. The van der Waals surface area contributed by atoms with Crippen molar-refractivity contribution in [2.45, 2.75) is 53.9 Å². The fourth-order valence-corrected chi connectivity index (χ4v) is 1.77. The summed E-state index contributed by atoms with van der Waals surface area (Å²) in [6.45, 7) is 10.5. The van der Waals surface area contributed by atoms with E-state index in [4.69, 9.17) is 9.47 Å². The van der Waals surface area contributed by atoms with E-state index in [2.05, 4.69) is 23.3 Å². The number of nitrogens with one attached hydrogen (secondary N) is 1. The smallest absolute Gasteiger partial charge is 0.317 e. The molecule has 0 atom stereocenters. The zero-order chi connectivity index (χ0) is 18.2. The van der Waals surface area contributed by atoms with Crippen molar-refractivity contribution in [1.29, 1.82) is 5.26 Å². The Morgan fingerprint density at radius 1 is 1.33 bits per heavy atom. The van der Waals surface area contributed by atoms with Crippen LogP contribution < -0.4 is 14.8 Å². The highest BCUT2D eigenvalue weighted by Gasteiger charge is 2.27. The summed E-state index contributed by atoms with van der Waals surface area (Å²) in [6.07, 6.45) is 4.40. The van der Waals surface area contributed by atoms with Crippen molar-refractivity contribution >= 4 is 11.7 Å². The molecule has 0 bridgehead atoms. The van der Waals surface area contributed by atoms with Gasteiger partial charge in [0, 0.05) is 6.54 Å². The molecule has 1 rings (SSSR count). The number of carbonyl (C=O) groups is 1. The number of hydrogen-bond acceptors (Lipinski definition) is 6. The standard InChI is InChI=1S/C18H27N3O3/c1-6-8-9-20-14-12-21-16(24-17(22)18(3,4)5)13(11-19)15(14)23-10-7-2/h12,20H,6-10H2,1-5H3. The van der Waals surface area contributed by atoms with E-state index in [1.165, 1.54) is 0 Å². The third-order valence-corrected chi connectivity index (χ3v) is 3.21. The highest BCUT2D eigenvalue weighted by molar-refractivity contribution is 5.79. The molecule has 0 saturated heterocycles. The molecule has 0 aliphatic heterocycles. The Kier molecular flexibility index (Phi) is 7.50. The molecule has 0 radical (unpaired) electrons. The summed E-state index contributed by atoms with van der Waals surface area (Å²) in [7, 11) is 0.